The van der Waals surface area contributed by atoms with Crippen LogP contribution < -0.4 is 0 Å². The number of piperidine rings is 1. The molecule has 1 heterocycles. The summed E-state index contributed by atoms with van der Waals surface area (Å²) in [5, 5.41) is 0. The molecule has 0 N–H and O–H groups in total. The molecule has 0 saturated carbocycles. The highest BCUT2D eigenvalue weighted by atomic mass is 16.6. The van der Waals surface area contributed by atoms with Crippen LogP contribution in [0.25, 0.3) is 0 Å². The number of carbonyl (C=O) groups excluding carboxylic acids is 3. The van der Waals surface area contributed by atoms with Crippen molar-refractivity contribution in [2.24, 2.45) is 11.8 Å². The van der Waals surface area contributed by atoms with Gasteiger partial charge in [0.2, 0.25) is 0 Å². The molecule has 30 heavy (non-hydrogen) atoms. The third-order valence-electron chi connectivity index (χ3n) is 5.33. The van der Waals surface area contributed by atoms with E-state index in [2.05, 4.69) is 0 Å². The molecule has 2 rings (SSSR count). The number of hydrogen-bond donors (Lipinski definition) is 0. The maximum Gasteiger partial charge on any atom is 0.410 e. The highest BCUT2D eigenvalue weighted by Crippen LogP contribution is 2.25. The molecule has 7 heteroatoms. The second kappa shape index (κ2) is 12.9. The predicted molar refractivity (Wildman–Crippen MR) is 112 cm³/mol. The molecular weight excluding hydrogens is 386 g/mol. The van der Waals surface area contributed by atoms with Crippen molar-refractivity contribution in [1.29, 1.82) is 0 Å². The Morgan fingerprint density at radius 3 is 2.13 bits per heavy atom. The minimum Gasteiger partial charge on any atom is -0.465 e. The van der Waals surface area contributed by atoms with Crippen LogP contribution >= 0.6 is 0 Å². The van der Waals surface area contributed by atoms with Gasteiger partial charge in [0.15, 0.2) is 5.92 Å². The van der Waals surface area contributed by atoms with Gasteiger partial charge in [-0.2, -0.15) is 0 Å². The average molecular weight is 420 g/mol. The molecule has 0 atom stereocenters. The molecule has 1 fully saturated rings. The van der Waals surface area contributed by atoms with Crippen LogP contribution in [0.1, 0.15) is 51.5 Å². The number of esters is 2. The predicted octanol–water partition coefficient (Wildman–Crippen LogP) is 3.95. The van der Waals surface area contributed by atoms with Crippen molar-refractivity contribution in [3.05, 3.63) is 35.9 Å². The van der Waals surface area contributed by atoms with Crippen LogP contribution in [-0.2, 0) is 30.4 Å². The lowest BCUT2D eigenvalue weighted by atomic mass is 9.90. The van der Waals surface area contributed by atoms with E-state index >= 15 is 0 Å². The van der Waals surface area contributed by atoms with E-state index in [9.17, 15) is 14.4 Å². The number of benzene rings is 1. The first-order valence-corrected chi connectivity index (χ1v) is 10.8. The zero-order chi connectivity index (χ0) is 21.8. The van der Waals surface area contributed by atoms with Crippen molar-refractivity contribution in [2.45, 2.75) is 52.6 Å². The Bertz CT molecular complexity index is 652. The number of carbonyl (C=O) groups is 3. The molecule has 1 aliphatic rings. The molecule has 1 aliphatic heterocycles. The lowest BCUT2D eigenvalue weighted by Crippen LogP contribution is -2.38. The fourth-order valence-electron chi connectivity index (χ4n) is 3.64. The number of rotatable bonds is 10. The van der Waals surface area contributed by atoms with Crippen LogP contribution in [0, 0.1) is 11.8 Å². The first-order valence-electron chi connectivity index (χ1n) is 10.8. The summed E-state index contributed by atoms with van der Waals surface area (Å²) in [5.74, 6) is -1.40. The van der Waals surface area contributed by atoms with Gasteiger partial charge in [0.1, 0.15) is 6.61 Å². The Labute approximate surface area is 178 Å². The molecule has 0 radical (unpaired) electrons. The largest absolute Gasteiger partial charge is 0.465 e. The fraction of sp³-hybridized carbons (Fsp3) is 0.609. The zero-order valence-electron chi connectivity index (χ0n) is 18.0. The number of nitrogens with zero attached hydrogens (tertiary/aromatic N) is 1. The van der Waals surface area contributed by atoms with Gasteiger partial charge in [-0.3, -0.25) is 9.59 Å². The summed E-state index contributed by atoms with van der Waals surface area (Å²) in [5.41, 5.74) is 0.971. The Morgan fingerprint density at radius 1 is 0.967 bits per heavy atom. The van der Waals surface area contributed by atoms with Crippen LogP contribution in [0.4, 0.5) is 4.79 Å². The van der Waals surface area contributed by atoms with Crippen LogP contribution in [0.15, 0.2) is 30.3 Å². The van der Waals surface area contributed by atoms with Gasteiger partial charge in [-0.25, -0.2) is 4.79 Å². The van der Waals surface area contributed by atoms with Crippen LogP contribution in [0.5, 0.6) is 0 Å². The molecule has 0 bridgehead atoms. The first-order chi connectivity index (χ1) is 14.5. The topological polar surface area (TPSA) is 82.1 Å². The van der Waals surface area contributed by atoms with Gasteiger partial charge >= 0.3 is 18.0 Å². The highest BCUT2D eigenvalue weighted by molar-refractivity contribution is 5.94. The van der Waals surface area contributed by atoms with Crippen molar-refractivity contribution in [3.63, 3.8) is 0 Å². The highest BCUT2D eigenvalue weighted by Gasteiger charge is 2.30. The van der Waals surface area contributed by atoms with E-state index in [1.807, 2.05) is 30.3 Å². The van der Waals surface area contributed by atoms with E-state index in [4.69, 9.17) is 14.2 Å². The minimum absolute atomic E-state index is 0.244. The molecule has 7 nitrogen and oxygen atoms in total. The van der Waals surface area contributed by atoms with E-state index in [1.165, 1.54) is 0 Å². The SMILES string of the molecule is CCOC(=O)C(CCCC1CCN(C(=O)OCc2ccccc2)CC1)C(=O)OCC. The van der Waals surface area contributed by atoms with Crippen molar-refractivity contribution in [3.8, 4) is 0 Å². The molecule has 1 aromatic carbocycles. The number of ether oxygens (including phenoxy) is 3. The van der Waals surface area contributed by atoms with Crippen LogP contribution in [0.2, 0.25) is 0 Å². The molecule has 1 aromatic rings. The quantitative estimate of drug-likeness (QED) is 0.324. The minimum atomic E-state index is -0.849. The van der Waals surface area contributed by atoms with Gasteiger partial charge in [0.25, 0.3) is 0 Å². The normalized spacial score (nSPS) is 14.4. The van der Waals surface area contributed by atoms with Gasteiger partial charge < -0.3 is 19.1 Å². The maximum absolute atomic E-state index is 12.3. The lowest BCUT2D eigenvalue weighted by molar-refractivity contribution is -0.162. The Hall–Kier alpha value is -2.57. The molecule has 1 amide bonds. The standard InChI is InChI=1S/C23H33NO6/c1-3-28-21(25)20(22(26)29-4-2)12-8-11-18-13-15-24(16-14-18)23(27)30-17-19-9-6-5-7-10-19/h5-7,9-10,18,20H,3-4,8,11-17H2,1-2H3. The summed E-state index contributed by atoms with van der Waals surface area (Å²) in [7, 11) is 0. The summed E-state index contributed by atoms with van der Waals surface area (Å²) in [6.07, 6.45) is 3.58. The summed E-state index contributed by atoms with van der Waals surface area (Å²) in [6.45, 7) is 5.54. The van der Waals surface area contributed by atoms with Crippen molar-refractivity contribution in [1.82, 2.24) is 4.90 Å². The van der Waals surface area contributed by atoms with Gasteiger partial charge in [-0.15, -0.1) is 0 Å². The summed E-state index contributed by atoms with van der Waals surface area (Å²) < 4.78 is 15.4. The zero-order valence-corrected chi connectivity index (χ0v) is 18.0. The van der Waals surface area contributed by atoms with Gasteiger partial charge in [-0.05, 0) is 44.6 Å². The third kappa shape index (κ3) is 7.69. The second-order valence-corrected chi connectivity index (χ2v) is 7.46. The first kappa shape index (κ1) is 23.7. The smallest absolute Gasteiger partial charge is 0.410 e. The molecule has 0 aliphatic carbocycles. The Kier molecular flexibility index (Phi) is 10.2. The van der Waals surface area contributed by atoms with Crippen molar-refractivity contribution < 1.29 is 28.6 Å². The number of hydrogen-bond acceptors (Lipinski definition) is 6. The monoisotopic (exact) mass is 419 g/mol. The Balaban J connectivity index is 1.69. The Morgan fingerprint density at radius 2 is 1.57 bits per heavy atom. The molecular formula is C23H33NO6. The molecule has 0 aromatic heterocycles. The summed E-state index contributed by atoms with van der Waals surface area (Å²) in [6, 6.07) is 9.63. The fourth-order valence-corrected chi connectivity index (χ4v) is 3.64. The molecule has 166 valence electrons. The van der Waals surface area contributed by atoms with E-state index in [-0.39, 0.29) is 25.9 Å². The molecule has 0 spiro atoms. The average Bonchev–Trinajstić information content (AvgIpc) is 2.76. The maximum atomic E-state index is 12.3. The van der Waals surface area contributed by atoms with Gasteiger partial charge in [0, 0.05) is 13.1 Å². The second-order valence-electron chi connectivity index (χ2n) is 7.46. The molecule has 1 saturated heterocycles. The van der Waals surface area contributed by atoms with Crippen molar-refractivity contribution >= 4 is 18.0 Å². The van der Waals surface area contributed by atoms with E-state index in [0.717, 1.165) is 31.2 Å². The van der Waals surface area contributed by atoms with E-state index in [0.29, 0.717) is 25.4 Å². The van der Waals surface area contributed by atoms with Gasteiger partial charge in [0.05, 0.1) is 13.2 Å². The number of amides is 1. The summed E-state index contributed by atoms with van der Waals surface area (Å²) in [4.78, 5) is 38.1. The van der Waals surface area contributed by atoms with Crippen LogP contribution in [0.3, 0.4) is 0 Å². The third-order valence-corrected chi connectivity index (χ3v) is 5.33. The number of likely N-dealkylation sites (tertiary alicyclic amines) is 1. The van der Waals surface area contributed by atoms with E-state index < -0.39 is 17.9 Å². The van der Waals surface area contributed by atoms with Crippen LogP contribution in [-0.4, -0.2) is 49.2 Å². The van der Waals surface area contributed by atoms with Crippen molar-refractivity contribution in [2.75, 3.05) is 26.3 Å². The van der Waals surface area contributed by atoms with Gasteiger partial charge in [-0.1, -0.05) is 43.2 Å². The summed E-state index contributed by atoms with van der Waals surface area (Å²) >= 11 is 0. The lowest BCUT2D eigenvalue weighted by Gasteiger charge is -2.31. The molecule has 0 unspecified atom stereocenters. The van der Waals surface area contributed by atoms with E-state index in [1.54, 1.807) is 18.7 Å².